The van der Waals surface area contributed by atoms with E-state index < -0.39 is 5.92 Å². The number of Topliss-reactive ketones (excluding diaryl/α,β-unsaturated/α-hetero) is 1. The fourth-order valence-corrected chi connectivity index (χ4v) is 1.93. The lowest BCUT2D eigenvalue weighted by molar-refractivity contribution is 0.0868. The molecule has 1 aromatic heterocycles. The molecule has 0 aliphatic rings. The molecule has 2 rings (SSSR count). The van der Waals surface area contributed by atoms with E-state index in [9.17, 15) is 9.59 Å². The van der Waals surface area contributed by atoms with Gasteiger partial charge < -0.3 is 9.84 Å². The minimum absolute atomic E-state index is 0.0948. The van der Waals surface area contributed by atoms with Crippen LogP contribution in [0.25, 0.3) is 0 Å². The standard InChI is InChI=1S/C16H15N3O3/c1-10(11(2)19-16(21)14-8-18-22-9-14)15(20)13-5-3-12(7-17)4-6-13/h3-6,8-11H,1-2H3,(H,19,21). The first-order valence-electron chi connectivity index (χ1n) is 6.77. The lowest BCUT2D eigenvalue weighted by Gasteiger charge is -2.20. The SMILES string of the molecule is CC(NC(=O)c1cnoc1)C(C)C(=O)c1ccc(C#N)cc1. The van der Waals surface area contributed by atoms with E-state index in [2.05, 4.69) is 15.0 Å². The Bertz CT molecular complexity index is 699. The third kappa shape index (κ3) is 3.38. The highest BCUT2D eigenvalue weighted by Gasteiger charge is 2.23. The maximum Gasteiger partial charge on any atom is 0.256 e. The third-order valence-electron chi connectivity index (χ3n) is 3.52. The number of benzene rings is 1. The molecule has 0 radical (unpaired) electrons. The zero-order valence-corrected chi connectivity index (χ0v) is 12.2. The Hall–Kier alpha value is -2.94. The fourth-order valence-electron chi connectivity index (χ4n) is 1.93. The monoisotopic (exact) mass is 297 g/mol. The molecule has 1 aromatic carbocycles. The highest BCUT2D eigenvalue weighted by atomic mass is 16.5. The second-order valence-electron chi connectivity index (χ2n) is 5.02. The minimum atomic E-state index is -0.406. The second-order valence-corrected chi connectivity index (χ2v) is 5.02. The van der Waals surface area contributed by atoms with Gasteiger partial charge >= 0.3 is 0 Å². The van der Waals surface area contributed by atoms with Gasteiger partial charge in [0.1, 0.15) is 6.26 Å². The van der Waals surface area contributed by atoms with Gasteiger partial charge in [-0.05, 0) is 19.1 Å². The maximum absolute atomic E-state index is 12.4. The third-order valence-corrected chi connectivity index (χ3v) is 3.52. The number of hydrogen-bond acceptors (Lipinski definition) is 5. The van der Waals surface area contributed by atoms with Crippen molar-refractivity contribution in [3.63, 3.8) is 0 Å². The van der Waals surface area contributed by atoms with Crippen molar-refractivity contribution in [3.8, 4) is 6.07 Å². The van der Waals surface area contributed by atoms with Crippen molar-refractivity contribution < 1.29 is 14.1 Å². The largest absolute Gasteiger partial charge is 0.364 e. The number of carbonyl (C=O) groups is 2. The zero-order chi connectivity index (χ0) is 16.1. The molecule has 6 nitrogen and oxygen atoms in total. The van der Waals surface area contributed by atoms with Crippen molar-refractivity contribution >= 4 is 11.7 Å². The Balaban J connectivity index is 2.03. The van der Waals surface area contributed by atoms with Gasteiger partial charge in [0.25, 0.3) is 5.91 Å². The van der Waals surface area contributed by atoms with E-state index in [1.165, 1.54) is 12.5 Å². The van der Waals surface area contributed by atoms with Crippen LogP contribution in [0, 0.1) is 17.2 Å². The summed E-state index contributed by atoms with van der Waals surface area (Å²) >= 11 is 0. The lowest BCUT2D eigenvalue weighted by Crippen LogP contribution is -2.40. The average Bonchev–Trinajstić information content (AvgIpc) is 3.08. The molecular weight excluding hydrogens is 282 g/mol. The molecule has 112 valence electrons. The Morgan fingerprint density at radius 2 is 1.91 bits per heavy atom. The molecule has 1 N–H and O–H groups in total. The Labute approximate surface area is 127 Å². The van der Waals surface area contributed by atoms with E-state index >= 15 is 0 Å². The lowest BCUT2D eigenvalue weighted by atomic mass is 9.93. The van der Waals surface area contributed by atoms with Crippen molar-refractivity contribution in [1.82, 2.24) is 10.5 Å². The summed E-state index contributed by atoms with van der Waals surface area (Å²) in [7, 11) is 0. The summed E-state index contributed by atoms with van der Waals surface area (Å²) in [6.07, 6.45) is 2.56. The van der Waals surface area contributed by atoms with Crippen LogP contribution in [0.5, 0.6) is 0 Å². The number of nitrogens with zero attached hydrogens (tertiary/aromatic N) is 2. The number of rotatable bonds is 5. The minimum Gasteiger partial charge on any atom is -0.364 e. The highest BCUT2D eigenvalue weighted by Crippen LogP contribution is 2.14. The summed E-state index contributed by atoms with van der Waals surface area (Å²) in [5.41, 5.74) is 1.32. The summed E-state index contributed by atoms with van der Waals surface area (Å²) in [5.74, 6) is -0.840. The number of nitrogens with one attached hydrogen (secondary N) is 1. The summed E-state index contributed by atoms with van der Waals surface area (Å²) < 4.78 is 4.61. The van der Waals surface area contributed by atoms with E-state index in [1.54, 1.807) is 38.1 Å². The van der Waals surface area contributed by atoms with E-state index in [0.29, 0.717) is 16.7 Å². The van der Waals surface area contributed by atoms with Crippen LogP contribution in [0.2, 0.25) is 0 Å². The van der Waals surface area contributed by atoms with Gasteiger partial charge in [0, 0.05) is 17.5 Å². The number of carbonyl (C=O) groups excluding carboxylic acids is 2. The van der Waals surface area contributed by atoms with Gasteiger partial charge in [0.05, 0.1) is 23.4 Å². The molecule has 1 heterocycles. The molecule has 0 saturated carbocycles. The Kier molecular flexibility index (Phi) is 4.69. The average molecular weight is 297 g/mol. The van der Waals surface area contributed by atoms with E-state index in [1.807, 2.05) is 6.07 Å². The van der Waals surface area contributed by atoms with E-state index in [4.69, 9.17) is 5.26 Å². The molecular formula is C16H15N3O3. The van der Waals surface area contributed by atoms with Crippen LogP contribution in [-0.2, 0) is 0 Å². The summed E-state index contributed by atoms with van der Waals surface area (Å²) in [4.78, 5) is 24.3. The van der Waals surface area contributed by atoms with Gasteiger partial charge in [-0.2, -0.15) is 5.26 Å². The topological polar surface area (TPSA) is 96.0 Å². The van der Waals surface area contributed by atoms with Crippen molar-refractivity contribution in [2.45, 2.75) is 19.9 Å². The molecule has 0 fully saturated rings. The number of aromatic nitrogens is 1. The van der Waals surface area contributed by atoms with Crippen LogP contribution in [-0.4, -0.2) is 22.9 Å². The normalized spacial score (nSPS) is 13.0. The van der Waals surface area contributed by atoms with Gasteiger partial charge in [0.2, 0.25) is 0 Å². The van der Waals surface area contributed by atoms with Crippen LogP contribution in [0.15, 0.2) is 41.2 Å². The van der Waals surface area contributed by atoms with Crippen molar-refractivity contribution in [3.05, 3.63) is 53.4 Å². The molecule has 0 aliphatic carbocycles. The number of ketones is 1. The highest BCUT2D eigenvalue weighted by molar-refractivity contribution is 5.99. The van der Waals surface area contributed by atoms with Crippen molar-refractivity contribution in [1.29, 1.82) is 5.26 Å². The summed E-state index contributed by atoms with van der Waals surface area (Å²) in [6, 6.07) is 8.08. The molecule has 0 spiro atoms. The molecule has 6 heteroatoms. The quantitative estimate of drug-likeness (QED) is 0.853. The van der Waals surface area contributed by atoms with Gasteiger partial charge in [-0.3, -0.25) is 9.59 Å². The van der Waals surface area contributed by atoms with E-state index in [-0.39, 0.29) is 17.7 Å². The first kappa shape index (κ1) is 15.4. The first-order chi connectivity index (χ1) is 10.5. The molecule has 1 amide bonds. The van der Waals surface area contributed by atoms with Gasteiger partial charge in [-0.1, -0.05) is 24.2 Å². The first-order valence-corrected chi connectivity index (χ1v) is 6.77. The maximum atomic E-state index is 12.4. The molecule has 0 bridgehead atoms. The molecule has 2 atom stereocenters. The molecule has 2 aromatic rings. The fraction of sp³-hybridized carbons (Fsp3) is 0.250. The zero-order valence-electron chi connectivity index (χ0n) is 12.2. The number of amides is 1. The molecule has 22 heavy (non-hydrogen) atoms. The van der Waals surface area contributed by atoms with Crippen LogP contribution < -0.4 is 5.32 Å². The summed E-state index contributed by atoms with van der Waals surface area (Å²) in [6.45, 7) is 3.51. The van der Waals surface area contributed by atoms with Gasteiger partial charge in [-0.25, -0.2) is 0 Å². The van der Waals surface area contributed by atoms with E-state index in [0.717, 1.165) is 0 Å². The number of hydrogen-bond donors (Lipinski definition) is 1. The van der Waals surface area contributed by atoms with Gasteiger partial charge in [0.15, 0.2) is 5.78 Å². The number of nitriles is 1. The Morgan fingerprint density at radius 1 is 1.23 bits per heavy atom. The molecule has 2 unspecified atom stereocenters. The van der Waals surface area contributed by atoms with Crippen LogP contribution in [0.1, 0.15) is 40.1 Å². The summed E-state index contributed by atoms with van der Waals surface area (Å²) in [5, 5.41) is 15.0. The Morgan fingerprint density at radius 3 is 2.45 bits per heavy atom. The molecule has 0 aliphatic heterocycles. The van der Waals surface area contributed by atoms with Crippen LogP contribution in [0.3, 0.4) is 0 Å². The van der Waals surface area contributed by atoms with Crippen LogP contribution in [0.4, 0.5) is 0 Å². The predicted molar refractivity (Wildman–Crippen MR) is 78.1 cm³/mol. The molecule has 0 saturated heterocycles. The van der Waals surface area contributed by atoms with Crippen molar-refractivity contribution in [2.75, 3.05) is 0 Å². The second kappa shape index (κ2) is 6.68. The van der Waals surface area contributed by atoms with Crippen LogP contribution >= 0.6 is 0 Å². The predicted octanol–water partition coefficient (Wildman–Crippen LogP) is 2.18. The van der Waals surface area contributed by atoms with Gasteiger partial charge in [-0.15, -0.1) is 0 Å². The van der Waals surface area contributed by atoms with Crippen molar-refractivity contribution in [2.24, 2.45) is 5.92 Å². The smallest absolute Gasteiger partial charge is 0.256 e.